The molecule has 1 atom stereocenters. The van der Waals surface area contributed by atoms with Crippen LogP contribution >= 0.6 is 0 Å². The summed E-state index contributed by atoms with van der Waals surface area (Å²) in [7, 11) is 0. The van der Waals surface area contributed by atoms with Crippen LogP contribution in [0.2, 0.25) is 0 Å². The van der Waals surface area contributed by atoms with E-state index in [0.29, 0.717) is 0 Å². The Kier molecular flexibility index (Phi) is 1.96. The number of aliphatic hydroxyl groups is 1. The minimum Gasteiger partial charge on any atom is -0.381 e. The average Bonchev–Trinajstić information content (AvgIpc) is 2.36. The maximum absolute atomic E-state index is 11.7. The number of hydrogen-bond acceptors (Lipinski definition) is 2. The van der Waals surface area contributed by atoms with Crippen LogP contribution in [0.15, 0.2) is 12.3 Å². The van der Waals surface area contributed by atoms with Crippen LogP contribution in [0.4, 0.5) is 8.78 Å². The maximum atomic E-state index is 11.7. The smallest absolute Gasteiger partial charge is 0.269 e. The lowest BCUT2D eigenvalue weighted by molar-refractivity contribution is -0.00822. The van der Waals surface area contributed by atoms with Gasteiger partial charge in [-0.3, -0.25) is 5.10 Å². The zero-order chi connectivity index (χ0) is 7.56. The molecule has 5 heteroatoms. The summed E-state index contributed by atoms with van der Waals surface area (Å²) in [4.78, 5) is 0. The van der Waals surface area contributed by atoms with Gasteiger partial charge in [-0.15, -0.1) is 0 Å². The molecule has 0 aliphatic heterocycles. The van der Waals surface area contributed by atoms with Gasteiger partial charge in [-0.2, -0.15) is 5.10 Å². The number of H-pyrrole nitrogens is 1. The molecular formula is C5H6F2N2O. The van der Waals surface area contributed by atoms with Gasteiger partial charge in [0.15, 0.2) is 6.10 Å². The van der Waals surface area contributed by atoms with Gasteiger partial charge >= 0.3 is 0 Å². The summed E-state index contributed by atoms with van der Waals surface area (Å²) in [6.07, 6.45) is -3.20. The summed E-state index contributed by atoms with van der Waals surface area (Å²) in [6.45, 7) is 0. The van der Waals surface area contributed by atoms with E-state index >= 15 is 0 Å². The Balaban J connectivity index is 2.68. The van der Waals surface area contributed by atoms with Gasteiger partial charge in [-0.25, -0.2) is 8.78 Å². The summed E-state index contributed by atoms with van der Waals surface area (Å²) in [5.74, 6) is 0. The van der Waals surface area contributed by atoms with Gasteiger partial charge in [0.2, 0.25) is 0 Å². The van der Waals surface area contributed by atoms with E-state index in [1.54, 1.807) is 0 Å². The Labute approximate surface area is 55.7 Å². The van der Waals surface area contributed by atoms with Crippen molar-refractivity contribution < 1.29 is 13.9 Å². The summed E-state index contributed by atoms with van der Waals surface area (Å²) >= 11 is 0. The van der Waals surface area contributed by atoms with Crippen molar-refractivity contribution in [1.82, 2.24) is 10.2 Å². The number of halogens is 2. The first kappa shape index (κ1) is 7.14. The molecule has 2 N–H and O–H groups in total. The average molecular weight is 148 g/mol. The molecule has 10 heavy (non-hydrogen) atoms. The summed E-state index contributed by atoms with van der Waals surface area (Å²) in [6, 6.07) is 1.30. The van der Waals surface area contributed by atoms with Gasteiger partial charge in [0.05, 0.1) is 5.69 Å². The molecule has 0 saturated heterocycles. The van der Waals surface area contributed by atoms with Crippen LogP contribution in [0.5, 0.6) is 0 Å². The lowest BCUT2D eigenvalue weighted by atomic mass is 10.3. The first-order chi connectivity index (χ1) is 4.72. The fraction of sp³-hybridized carbons (Fsp3) is 0.400. The quantitative estimate of drug-likeness (QED) is 0.648. The third-order valence-corrected chi connectivity index (χ3v) is 1.08. The van der Waals surface area contributed by atoms with Crippen LogP contribution < -0.4 is 0 Å². The zero-order valence-corrected chi connectivity index (χ0v) is 4.96. The Bertz CT molecular complexity index is 188. The number of alkyl halides is 2. The van der Waals surface area contributed by atoms with Gasteiger partial charge in [0.1, 0.15) is 0 Å². The molecule has 3 nitrogen and oxygen atoms in total. The summed E-state index contributed by atoms with van der Waals surface area (Å²) in [5, 5.41) is 14.3. The number of aromatic amines is 1. The molecule has 1 aromatic rings. The normalized spacial score (nSPS) is 14.0. The van der Waals surface area contributed by atoms with E-state index in [0.717, 1.165) is 0 Å². The molecule has 1 rings (SSSR count). The molecule has 0 radical (unpaired) electrons. The predicted molar refractivity (Wildman–Crippen MR) is 29.6 cm³/mol. The highest BCUT2D eigenvalue weighted by Gasteiger charge is 2.19. The lowest BCUT2D eigenvalue weighted by Crippen LogP contribution is -2.08. The van der Waals surface area contributed by atoms with Crippen LogP contribution in [0.1, 0.15) is 11.8 Å². The van der Waals surface area contributed by atoms with Crippen LogP contribution in [0.25, 0.3) is 0 Å². The lowest BCUT2D eigenvalue weighted by Gasteiger charge is -2.04. The van der Waals surface area contributed by atoms with Crippen molar-refractivity contribution in [2.75, 3.05) is 0 Å². The van der Waals surface area contributed by atoms with E-state index in [1.807, 2.05) is 0 Å². The Morgan fingerprint density at radius 2 is 2.30 bits per heavy atom. The van der Waals surface area contributed by atoms with E-state index in [9.17, 15) is 8.78 Å². The van der Waals surface area contributed by atoms with E-state index < -0.39 is 12.5 Å². The largest absolute Gasteiger partial charge is 0.381 e. The molecule has 0 bridgehead atoms. The van der Waals surface area contributed by atoms with Crippen molar-refractivity contribution in [1.29, 1.82) is 0 Å². The number of aromatic nitrogens is 2. The van der Waals surface area contributed by atoms with Crippen molar-refractivity contribution in [2.45, 2.75) is 12.5 Å². The van der Waals surface area contributed by atoms with Crippen molar-refractivity contribution in [3.05, 3.63) is 18.0 Å². The van der Waals surface area contributed by atoms with Crippen molar-refractivity contribution in [3.8, 4) is 0 Å². The second-order valence-corrected chi connectivity index (χ2v) is 1.79. The van der Waals surface area contributed by atoms with Gasteiger partial charge in [0.25, 0.3) is 6.43 Å². The molecule has 0 fully saturated rings. The molecular weight excluding hydrogens is 142 g/mol. The summed E-state index contributed by atoms with van der Waals surface area (Å²) in [5.41, 5.74) is 0.0370. The first-order valence-electron chi connectivity index (χ1n) is 2.67. The minimum atomic E-state index is -2.76. The third-order valence-electron chi connectivity index (χ3n) is 1.08. The second kappa shape index (κ2) is 2.74. The van der Waals surface area contributed by atoms with Crippen molar-refractivity contribution in [3.63, 3.8) is 0 Å². The number of rotatable bonds is 2. The maximum Gasteiger partial charge on any atom is 0.269 e. The number of nitrogens with zero attached hydrogens (tertiary/aromatic N) is 1. The monoisotopic (exact) mass is 148 g/mol. The molecule has 1 aromatic heterocycles. The number of nitrogens with one attached hydrogen (secondary N) is 1. The molecule has 1 heterocycles. The van der Waals surface area contributed by atoms with Gasteiger partial charge in [0, 0.05) is 6.20 Å². The first-order valence-corrected chi connectivity index (χ1v) is 2.67. The highest BCUT2D eigenvalue weighted by atomic mass is 19.3. The highest BCUT2D eigenvalue weighted by Crippen LogP contribution is 2.16. The fourth-order valence-electron chi connectivity index (χ4n) is 0.567. The molecule has 0 aromatic carbocycles. The number of aliphatic hydroxyl groups excluding tert-OH is 1. The topological polar surface area (TPSA) is 48.9 Å². The Hall–Kier alpha value is -0.970. The molecule has 0 amide bonds. The van der Waals surface area contributed by atoms with Crippen molar-refractivity contribution >= 4 is 0 Å². The van der Waals surface area contributed by atoms with Gasteiger partial charge in [-0.1, -0.05) is 0 Å². The standard InChI is InChI=1S/C5H6F2N2O/c6-5(7)4(10)3-1-2-8-9-3/h1-2,4-5,10H,(H,8,9). The second-order valence-electron chi connectivity index (χ2n) is 1.79. The van der Waals surface area contributed by atoms with Crippen LogP contribution in [0, 0.1) is 0 Å². The summed E-state index contributed by atoms with van der Waals surface area (Å²) < 4.78 is 23.4. The van der Waals surface area contributed by atoms with Gasteiger partial charge < -0.3 is 5.11 Å². The fourth-order valence-corrected chi connectivity index (χ4v) is 0.567. The van der Waals surface area contributed by atoms with Crippen molar-refractivity contribution in [2.24, 2.45) is 0 Å². The Morgan fingerprint density at radius 3 is 2.70 bits per heavy atom. The molecule has 0 aliphatic carbocycles. The molecule has 0 spiro atoms. The van der Waals surface area contributed by atoms with Crippen LogP contribution in [-0.4, -0.2) is 21.7 Å². The predicted octanol–water partition coefficient (Wildman–Crippen LogP) is 0.708. The highest BCUT2D eigenvalue weighted by molar-refractivity contribution is 5.02. The van der Waals surface area contributed by atoms with E-state index in [2.05, 4.69) is 10.2 Å². The molecule has 56 valence electrons. The number of hydrogen-bond donors (Lipinski definition) is 2. The van der Waals surface area contributed by atoms with E-state index in [4.69, 9.17) is 5.11 Å². The van der Waals surface area contributed by atoms with E-state index in [1.165, 1.54) is 12.3 Å². The SMILES string of the molecule is OC(c1ccn[nH]1)C(F)F. The van der Waals surface area contributed by atoms with E-state index in [-0.39, 0.29) is 5.69 Å². The van der Waals surface area contributed by atoms with Gasteiger partial charge in [-0.05, 0) is 6.07 Å². The molecule has 0 aliphatic rings. The molecule has 1 unspecified atom stereocenters. The zero-order valence-electron chi connectivity index (χ0n) is 4.96. The molecule has 0 saturated carbocycles. The third kappa shape index (κ3) is 1.30. The Morgan fingerprint density at radius 1 is 1.60 bits per heavy atom. The van der Waals surface area contributed by atoms with Crippen LogP contribution in [0.3, 0.4) is 0 Å². The van der Waals surface area contributed by atoms with Crippen LogP contribution in [-0.2, 0) is 0 Å². The minimum absolute atomic E-state index is 0.0370.